The lowest BCUT2D eigenvalue weighted by atomic mass is 10.1. The first-order chi connectivity index (χ1) is 16.6. The zero-order chi connectivity index (χ0) is 23.5. The fourth-order valence-corrected chi connectivity index (χ4v) is 4.23. The van der Waals surface area contributed by atoms with Gasteiger partial charge in [0.2, 0.25) is 5.95 Å². The van der Waals surface area contributed by atoms with Gasteiger partial charge in [-0.25, -0.2) is 9.78 Å². The number of carbonyl (C=O) groups is 1. The number of nitrogens with one attached hydrogen (secondary N) is 1. The van der Waals surface area contributed by atoms with Gasteiger partial charge in [-0.1, -0.05) is 18.2 Å². The summed E-state index contributed by atoms with van der Waals surface area (Å²) in [7, 11) is 0. The molecule has 0 saturated carbocycles. The van der Waals surface area contributed by atoms with Gasteiger partial charge in [-0.3, -0.25) is 4.90 Å². The summed E-state index contributed by atoms with van der Waals surface area (Å²) in [4.78, 5) is 29.2. The molecule has 34 heavy (non-hydrogen) atoms. The Hall–Kier alpha value is -4.58. The van der Waals surface area contributed by atoms with Gasteiger partial charge in [0.1, 0.15) is 5.65 Å². The molecule has 2 aromatic heterocycles. The van der Waals surface area contributed by atoms with Crippen LogP contribution in [0.1, 0.15) is 5.56 Å². The minimum Gasteiger partial charge on any atom is -0.465 e. The number of hydrogen-bond acceptors (Lipinski definition) is 6. The third-order valence-corrected chi connectivity index (χ3v) is 6.01. The molecule has 4 aromatic rings. The van der Waals surface area contributed by atoms with Crippen LogP contribution in [0.2, 0.25) is 0 Å². The highest BCUT2D eigenvalue weighted by atomic mass is 16.4. The van der Waals surface area contributed by atoms with E-state index in [4.69, 9.17) is 4.98 Å². The van der Waals surface area contributed by atoms with E-state index in [1.807, 2.05) is 65.7 Å². The first-order valence-corrected chi connectivity index (χ1v) is 11.0. The summed E-state index contributed by atoms with van der Waals surface area (Å²) in [5.41, 5.74) is 4.36. The molecule has 2 N–H and O–H groups in total. The molecule has 2 aromatic carbocycles. The highest BCUT2D eigenvalue weighted by molar-refractivity contribution is 5.80. The Morgan fingerprint density at radius 1 is 1.09 bits per heavy atom. The smallest absolute Gasteiger partial charge is 0.407 e. The van der Waals surface area contributed by atoms with Crippen LogP contribution in [-0.4, -0.2) is 57.2 Å². The van der Waals surface area contributed by atoms with Crippen molar-refractivity contribution < 1.29 is 9.90 Å². The average molecular weight is 454 g/mol. The molecular formula is C25H23N7O2. The third kappa shape index (κ3) is 4.09. The summed E-state index contributed by atoms with van der Waals surface area (Å²) >= 11 is 0. The van der Waals surface area contributed by atoms with E-state index in [1.54, 1.807) is 6.20 Å². The Morgan fingerprint density at radius 2 is 1.85 bits per heavy atom. The van der Waals surface area contributed by atoms with Crippen molar-refractivity contribution in [2.24, 2.45) is 0 Å². The number of H-pyrrole nitrogens is 1. The Labute approximate surface area is 196 Å². The SMILES string of the molecule is N#CCc1ccccc1N(c1ccc(N2CCN(C(=O)O)CC2)cc1)c1ncc2cc[nH]c2n1. The van der Waals surface area contributed by atoms with Crippen LogP contribution < -0.4 is 9.80 Å². The first kappa shape index (κ1) is 21.3. The molecule has 3 heterocycles. The van der Waals surface area contributed by atoms with Crippen LogP contribution >= 0.6 is 0 Å². The van der Waals surface area contributed by atoms with Crippen molar-refractivity contribution in [3.05, 3.63) is 72.6 Å². The van der Waals surface area contributed by atoms with Gasteiger partial charge in [-0.15, -0.1) is 0 Å². The maximum Gasteiger partial charge on any atom is 0.407 e. The van der Waals surface area contributed by atoms with Crippen molar-refractivity contribution in [1.29, 1.82) is 5.26 Å². The van der Waals surface area contributed by atoms with Gasteiger partial charge in [0.15, 0.2) is 0 Å². The van der Waals surface area contributed by atoms with Gasteiger partial charge >= 0.3 is 6.09 Å². The Balaban J connectivity index is 1.51. The molecule has 0 spiro atoms. The Kier molecular flexibility index (Phi) is 5.70. The number of rotatable bonds is 5. The summed E-state index contributed by atoms with van der Waals surface area (Å²) < 4.78 is 0. The van der Waals surface area contributed by atoms with Gasteiger partial charge in [0.25, 0.3) is 0 Å². The second kappa shape index (κ2) is 9.11. The Morgan fingerprint density at radius 3 is 2.59 bits per heavy atom. The molecule has 170 valence electrons. The molecule has 1 saturated heterocycles. The maximum atomic E-state index is 11.2. The second-order valence-corrected chi connectivity index (χ2v) is 8.02. The molecule has 1 aliphatic rings. The summed E-state index contributed by atoms with van der Waals surface area (Å²) in [5.74, 6) is 0.503. The molecule has 0 unspecified atom stereocenters. The summed E-state index contributed by atoms with van der Waals surface area (Å²) in [6.07, 6.45) is 3.00. The zero-order valence-electron chi connectivity index (χ0n) is 18.4. The molecule has 1 fully saturated rings. The summed E-state index contributed by atoms with van der Waals surface area (Å²) in [6, 6.07) is 20.0. The fourth-order valence-electron chi connectivity index (χ4n) is 4.23. The van der Waals surface area contributed by atoms with Crippen LogP contribution in [0.15, 0.2) is 67.0 Å². The number of benzene rings is 2. The minimum atomic E-state index is -0.874. The van der Waals surface area contributed by atoms with Crippen LogP contribution in [-0.2, 0) is 6.42 Å². The van der Waals surface area contributed by atoms with Gasteiger partial charge < -0.3 is 19.9 Å². The predicted molar refractivity (Wildman–Crippen MR) is 130 cm³/mol. The lowest BCUT2D eigenvalue weighted by Crippen LogP contribution is -2.48. The van der Waals surface area contributed by atoms with E-state index in [0.29, 0.717) is 32.1 Å². The lowest BCUT2D eigenvalue weighted by Gasteiger charge is -2.35. The molecule has 0 aliphatic carbocycles. The van der Waals surface area contributed by atoms with Crippen LogP contribution in [0.25, 0.3) is 11.0 Å². The molecule has 1 aliphatic heterocycles. The number of amides is 1. The van der Waals surface area contributed by atoms with Crippen LogP contribution in [0.3, 0.4) is 0 Å². The number of hydrogen-bond donors (Lipinski definition) is 2. The minimum absolute atomic E-state index is 0.267. The summed E-state index contributed by atoms with van der Waals surface area (Å²) in [5, 5.41) is 19.5. The Bertz CT molecular complexity index is 1350. The van der Waals surface area contributed by atoms with E-state index >= 15 is 0 Å². The molecule has 9 nitrogen and oxygen atoms in total. The van der Waals surface area contributed by atoms with E-state index in [-0.39, 0.29) is 6.42 Å². The van der Waals surface area contributed by atoms with E-state index < -0.39 is 6.09 Å². The molecule has 0 radical (unpaired) electrons. The fraction of sp³-hybridized carbons (Fsp3) is 0.200. The average Bonchev–Trinajstić information content (AvgIpc) is 3.34. The maximum absolute atomic E-state index is 11.2. The second-order valence-electron chi connectivity index (χ2n) is 8.02. The molecule has 0 atom stereocenters. The molecule has 1 amide bonds. The van der Waals surface area contributed by atoms with Gasteiger partial charge in [0.05, 0.1) is 18.2 Å². The number of aromatic amines is 1. The van der Waals surface area contributed by atoms with Crippen LogP contribution in [0.4, 0.5) is 27.8 Å². The summed E-state index contributed by atoms with van der Waals surface area (Å²) in [6.45, 7) is 2.25. The van der Waals surface area contributed by atoms with Crippen LogP contribution in [0, 0.1) is 11.3 Å². The van der Waals surface area contributed by atoms with Crippen molar-refractivity contribution in [3.63, 3.8) is 0 Å². The molecular weight excluding hydrogens is 430 g/mol. The van der Waals surface area contributed by atoms with Gasteiger partial charge in [0, 0.05) is 55.3 Å². The van der Waals surface area contributed by atoms with Gasteiger partial charge in [-0.2, -0.15) is 10.2 Å². The third-order valence-electron chi connectivity index (χ3n) is 6.01. The van der Waals surface area contributed by atoms with E-state index in [2.05, 4.69) is 20.9 Å². The van der Waals surface area contributed by atoms with E-state index in [1.165, 1.54) is 4.90 Å². The number of piperazine rings is 1. The number of anilines is 4. The first-order valence-electron chi connectivity index (χ1n) is 11.0. The van der Waals surface area contributed by atoms with Crippen molar-refractivity contribution in [2.75, 3.05) is 36.0 Å². The number of carboxylic acid groups (broad SMARTS) is 1. The number of nitriles is 1. The lowest BCUT2D eigenvalue weighted by molar-refractivity contribution is 0.142. The number of nitrogens with zero attached hydrogens (tertiary/aromatic N) is 6. The highest BCUT2D eigenvalue weighted by Gasteiger charge is 2.22. The topological polar surface area (TPSA) is 112 Å². The monoisotopic (exact) mass is 453 g/mol. The number of fused-ring (bicyclic) bond motifs is 1. The predicted octanol–water partition coefficient (Wildman–Crippen LogP) is 4.29. The quantitative estimate of drug-likeness (QED) is 0.463. The zero-order valence-corrected chi connectivity index (χ0v) is 18.4. The normalized spacial score (nSPS) is 13.6. The standard InChI is InChI=1S/C25H23N7O2/c26-11-9-18-3-1-2-4-22(18)32(24-28-17-19-10-12-27-23(19)29-24)21-7-5-20(6-8-21)30-13-15-31(16-14-30)25(33)34/h1-8,10,12,17H,9,13-16H2,(H,33,34)(H,27,28,29). The number of para-hydroxylation sites is 1. The van der Waals surface area contributed by atoms with Gasteiger partial charge in [-0.05, 0) is 42.0 Å². The highest BCUT2D eigenvalue weighted by Crippen LogP contribution is 2.36. The van der Waals surface area contributed by atoms with Crippen molar-refractivity contribution in [3.8, 4) is 6.07 Å². The van der Waals surface area contributed by atoms with Crippen LogP contribution in [0.5, 0.6) is 0 Å². The van der Waals surface area contributed by atoms with Crippen molar-refractivity contribution in [1.82, 2.24) is 19.9 Å². The molecule has 9 heteroatoms. The number of aromatic nitrogens is 3. The van der Waals surface area contributed by atoms with E-state index in [9.17, 15) is 15.2 Å². The molecule has 0 bridgehead atoms. The van der Waals surface area contributed by atoms with Crippen molar-refractivity contribution in [2.45, 2.75) is 6.42 Å². The van der Waals surface area contributed by atoms with Crippen molar-refractivity contribution >= 4 is 40.1 Å². The molecule has 5 rings (SSSR count). The van der Waals surface area contributed by atoms with E-state index in [0.717, 1.165) is 33.7 Å². The largest absolute Gasteiger partial charge is 0.465 e.